The summed E-state index contributed by atoms with van der Waals surface area (Å²) in [5.74, 6) is -2.29. The number of fused-ring (bicyclic) bond motifs is 1. The molecule has 1 N–H and O–H groups in total. The molecule has 0 atom stereocenters. The molecule has 0 spiro atoms. The Bertz CT molecular complexity index is 1060. The largest absolute Gasteiger partial charge is 0.322 e. The third kappa shape index (κ3) is 2.85. The Morgan fingerprint density at radius 2 is 1.78 bits per heavy atom. The SMILES string of the molecule is O=C(Nc1cccc(N2C(=O)c3cccnc3C2=O)c1)c1ccccc1F. The van der Waals surface area contributed by atoms with E-state index >= 15 is 0 Å². The van der Waals surface area contributed by atoms with Gasteiger partial charge in [-0.15, -0.1) is 0 Å². The summed E-state index contributed by atoms with van der Waals surface area (Å²) in [5, 5.41) is 2.57. The van der Waals surface area contributed by atoms with E-state index in [1.54, 1.807) is 30.3 Å². The maximum atomic E-state index is 13.8. The van der Waals surface area contributed by atoms with Gasteiger partial charge in [-0.05, 0) is 42.5 Å². The van der Waals surface area contributed by atoms with Crippen LogP contribution in [0.3, 0.4) is 0 Å². The zero-order valence-corrected chi connectivity index (χ0v) is 13.8. The number of rotatable bonds is 3. The number of carbonyl (C=O) groups excluding carboxylic acids is 3. The highest BCUT2D eigenvalue weighted by Crippen LogP contribution is 2.28. The van der Waals surface area contributed by atoms with Crippen molar-refractivity contribution in [3.8, 4) is 0 Å². The van der Waals surface area contributed by atoms with Crippen molar-refractivity contribution < 1.29 is 18.8 Å². The number of nitrogens with zero attached hydrogens (tertiary/aromatic N) is 2. The fourth-order valence-electron chi connectivity index (χ4n) is 2.87. The minimum atomic E-state index is -0.641. The zero-order chi connectivity index (χ0) is 19.0. The number of halogens is 1. The van der Waals surface area contributed by atoms with Crippen LogP contribution < -0.4 is 10.2 Å². The van der Waals surface area contributed by atoms with Gasteiger partial charge in [-0.2, -0.15) is 0 Å². The predicted octanol–water partition coefficient (Wildman–Crippen LogP) is 3.27. The van der Waals surface area contributed by atoms with Gasteiger partial charge < -0.3 is 5.32 Å². The van der Waals surface area contributed by atoms with Crippen LogP contribution in [-0.4, -0.2) is 22.7 Å². The highest BCUT2D eigenvalue weighted by Gasteiger charge is 2.37. The van der Waals surface area contributed by atoms with Crippen LogP contribution in [0.15, 0.2) is 66.9 Å². The standard InChI is InChI=1S/C20H12FN3O3/c21-16-9-2-1-7-14(16)18(25)23-12-5-3-6-13(11-12)24-19(26)15-8-4-10-22-17(15)20(24)27/h1-11H,(H,23,25). The number of amides is 3. The van der Waals surface area contributed by atoms with Gasteiger partial charge in [0.1, 0.15) is 11.5 Å². The second-order valence-electron chi connectivity index (χ2n) is 5.83. The van der Waals surface area contributed by atoms with Gasteiger partial charge in [-0.1, -0.05) is 18.2 Å². The van der Waals surface area contributed by atoms with Crippen LogP contribution in [0.1, 0.15) is 31.2 Å². The van der Waals surface area contributed by atoms with E-state index in [2.05, 4.69) is 10.3 Å². The van der Waals surface area contributed by atoms with Crippen LogP contribution in [0.4, 0.5) is 15.8 Å². The van der Waals surface area contributed by atoms with E-state index in [4.69, 9.17) is 0 Å². The number of imide groups is 1. The molecule has 2 aromatic carbocycles. The number of hydrogen-bond donors (Lipinski definition) is 1. The van der Waals surface area contributed by atoms with Crippen molar-refractivity contribution in [2.75, 3.05) is 10.2 Å². The Kier molecular flexibility index (Phi) is 3.97. The summed E-state index contributed by atoms with van der Waals surface area (Å²) in [6, 6.07) is 14.9. The number of carbonyl (C=O) groups is 3. The van der Waals surface area contributed by atoms with Gasteiger partial charge >= 0.3 is 0 Å². The normalized spacial score (nSPS) is 12.9. The summed E-state index contributed by atoms with van der Waals surface area (Å²) < 4.78 is 13.8. The molecule has 4 rings (SSSR count). The minimum absolute atomic E-state index is 0.0864. The van der Waals surface area contributed by atoms with E-state index in [-0.39, 0.29) is 22.5 Å². The monoisotopic (exact) mass is 361 g/mol. The Balaban J connectivity index is 1.63. The second-order valence-corrected chi connectivity index (χ2v) is 5.83. The van der Waals surface area contributed by atoms with Crippen molar-refractivity contribution in [1.82, 2.24) is 4.98 Å². The van der Waals surface area contributed by atoms with Crippen molar-refractivity contribution in [3.05, 3.63) is 89.5 Å². The van der Waals surface area contributed by atoms with Crippen molar-refractivity contribution >= 4 is 29.1 Å². The van der Waals surface area contributed by atoms with E-state index in [0.29, 0.717) is 5.69 Å². The molecule has 0 aliphatic carbocycles. The summed E-state index contributed by atoms with van der Waals surface area (Å²) in [6.07, 6.45) is 1.44. The van der Waals surface area contributed by atoms with Gasteiger partial charge in [0, 0.05) is 11.9 Å². The average molecular weight is 361 g/mol. The first-order valence-corrected chi connectivity index (χ1v) is 8.06. The van der Waals surface area contributed by atoms with E-state index < -0.39 is 23.5 Å². The molecule has 0 saturated heterocycles. The molecule has 3 aromatic rings. The molecule has 6 nitrogen and oxygen atoms in total. The molecule has 0 unspecified atom stereocenters. The van der Waals surface area contributed by atoms with Crippen molar-refractivity contribution in [1.29, 1.82) is 0 Å². The first-order valence-electron chi connectivity index (χ1n) is 8.06. The molecule has 7 heteroatoms. The van der Waals surface area contributed by atoms with E-state index in [9.17, 15) is 18.8 Å². The predicted molar refractivity (Wildman–Crippen MR) is 96.2 cm³/mol. The number of hydrogen-bond acceptors (Lipinski definition) is 4. The molecule has 1 aliphatic heterocycles. The van der Waals surface area contributed by atoms with Crippen LogP contribution in [0.2, 0.25) is 0 Å². The molecule has 1 aromatic heterocycles. The Morgan fingerprint density at radius 3 is 2.56 bits per heavy atom. The number of aromatic nitrogens is 1. The fraction of sp³-hybridized carbons (Fsp3) is 0. The first kappa shape index (κ1) is 16.6. The number of pyridine rings is 1. The quantitative estimate of drug-likeness (QED) is 0.726. The summed E-state index contributed by atoms with van der Waals surface area (Å²) in [5.41, 5.74) is 0.819. The lowest BCUT2D eigenvalue weighted by Gasteiger charge is -2.15. The maximum Gasteiger partial charge on any atom is 0.284 e. The van der Waals surface area contributed by atoms with Gasteiger partial charge in [0.05, 0.1) is 16.8 Å². The van der Waals surface area contributed by atoms with E-state index in [1.807, 2.05) is 0 Å². The van der Waals surface area contributed by atoms with Crippen LogP contribution in [-0.2, 0) is 0 Å². The third-order valence-electron chi connectivity index (χ3n) is 4.13. The Morgan fingerprint density at radius 1 is 0.963 bits per heavy atom. The fourth-order valence-corrected chi connectivity index (χ4v) is 2.87. The van der Waals surface area contributed by atoms with Gasteiger partial charge in [0.25, 0.3) is 17.7 Å². The highest BCUT2D eigenvalue weighted by atomic mass is 19.1. The zero-order valence-electron chi connectivity index (χ0n) is 13.8. The lowest BCUT2D eigenvalue weighted by atomic mass is 10.2. The molecule has 0 radical (unpaired) electrons. The number of nitrogens with one attached hydrogen (secondary N) is 1. The minimum Gasteiger partial charge on any atom is -0.322 e. The number of benzene rings is 2. The highest BCUT2D eigenvalue weighted by molar-refractivity contribution is 6.33. The summed E-state index contributed by atoms with van der Waals surface area (Å²) in [7, 11) is 0. The molecule has 132 valence electrons. The van der Waals surface area contributed by atoms with Crippen molar-refractivity contribution in [2.24, 2.45) is 0 Å². The Hall–Kier alpha value is -3.87. The topological polar surface area (TPSA) is 79.4 Å². The van der Waals surface area contributed by atoms with Crippen LogP contribution >= 0.6 is 0 Å². The van der Waals surface area contributed by atoms with Gasteiger partial charge in [-0.3, -0.25) is 19.4 Å². The summed E-state index contributed by atoms with van der Waals surface area (Å²) >= 11 is 0. The van der Waals surface area contributed by atoms with Gasteiger partial charge in [0.15, 0.2) is 0 Å². The lowest BCUT2D eigenvalue weighted by Crippen LogP contribution is -2.29. The molecular weight excluding hydrogens is 349 g/mol. The van der Waals surface area contributed by atoms with Crippen LogP contribution in [0, 0.1) is 5.82 Å². The van der Waals surface area contributed by atoms with Crippen molar-refractivity contribution in [3.63, 3.8) is 0 Å². The molecule has 2 heterocycles. The lowest BCUT2D eigenvalue weighted by molar-refractivity contribution is 0.0923. The maximum absolute atomic E-state index is 13.8. The molecule has 27 heavy (non-hydrogen) atoms. The van der Waals surface area contributed by atoms with Gasteiger partial charge in [0.2, 0.25) is 0 Å². The molecule has 0 fully saturated rings. The molecular formula is C20H12FN3O3. The molecule has 3 amide bonds. The molecule has 0 bridgehead atoms. The van der Waals surface area contributed by atoms with Crippen molar-refractivity contribution in [2.45, 2.75) is 0 Å². The second kappa shape index (κ2) is 6.45. The number of anilines is 2. The van der Waals surface area contributed by atoms with E-state index in [1.165, 1.54) is 36.5 Å². The van der Waals surface area contributed by atoms with Gasteiger partial charge in [-0.25, -0.2) is 9.29 Å². The third-order valence-corrected chi connectivity index (χ3v) is 4.13. The summed E-state index contributed by atoms with van der Waals surface area (Å²) in [6.45, 7) is 0. The smallest absolute Gasteiger partial charge is 0.284 e. The average Bonchev–Trinajstić information content (AvgIpc) is 2.93. The first-order chi connectivity index (χ1) is 13.1. The van der Waals surface area contributed by atoms with Crippen LogP contribution in [0.25, 0.3) is 0 Å². The Labute approximate surface area is 153 Å². The van der Waals surface area contributed by atoms with Crippen LogP contribution in [0.5, 0.6) is 0 Å². The molecule has 1 aliphatic rings. The van der Waals surface area contributed by atoms with E-state index in [0.717, 1.165) is 4.90 Å². The molecule has 0 saturated carbocycles. The summed E-state index contributed by atoms with van der Waals surface area (Å²) in [4.78, 5) is 42.3.